The Morgan fingerprint density at radius 2 is 2.23 bits per heavy atom. The Morgan fingerprint density at radius 1 is 1.62 bits per heavy atom. The van der Waals surface area contributed by atoms with Crippen molar-refractivity contribution in [3.05, 3.63) is 0 Å². The summed E-state index contributed by atoms with van der Waals surface area (Å²) in [4.78, 5) is 0. The Morgan fingerprint density at radius 3 is 2.69 bits per heavy atom. The molecule has 0 amide bonds. The largest absolute Gasteiger partial charge is 0.393 e. The molecule has 0 heterocycles. The zero-order valence-electron chi connectivity index (χ0n) is 9.49. The molecule has 3 nitrogen and oxygen atoms in total. The number of aliphatic hydroxyl groups is 2. The number of hydrogen-bond donors (Lipinski definition) is 2. The van der Waals surface area contributed by atoms with Gasteiger partial charge in [0, 0.05) is 5.41 Å². The lowest BCUT2D eigenvalue weighted by Gasteiger charge is -2.30. The third kappa shape index (κ3) is 5.57. The number of hydrogen-bond acceptors (Lipinski definition) is 4. The Balaban J connectivity index is 3.89. The van der Waals surface area contributed by atoms with Gasteiger partial charge in [0.15, 0.2) is 0 Å². The van der Waals surface area contributed by atoms with Crippen molar-refractivity contribution < 1.29 is 14.4 Å². The van der Waals surface area contributed by atoms with Gasteiger partial charge in [0.05, 0.1) is 18.8 Å². The maximum atomic E-state index is 9.75. The number of aliphatic hydroxyl groups excluding tert-OH is 2. The topological polar surface area (TPSA) is 49.7 Å². The molecule has 0 aliphatic carbocycles. The van der Waals surface area contributed by atoms with Gasteiger partial charge in [0.25, 0.3) is 0 Å². The van der Waals surface area contributed by atoms with Crippen molar-refractivity contribution in [2.45, 2.75) is 39.4 Å². The molecular formula is C8H19BO3S. The summed E-state index contributed by atoms with van der Waals surface area (Å²) in [5, 5.41) is 18.9. The molecule has 0 aliphatic heterocycles. The molecule has 0 rings (SSSR count). The second-order valence-corrected chi connectivity index (χ2v) is 4.44. The molecule has 0 saturated carbocycles. The fraction of sp³-hybridized carbons (Fsp3) is 1.00. The second-order valence-electron chi connectivity index (χ2n) is 3.97. The van der Waals surface area contributed by atoms with Gasteiger partial charge in [-0.2, -0.15) is 0 Å². The molecule has 2 atom stereocenters. The molecule has 78 valence electrons. The van der Waals surface area contributed by atoms with E-state index in [1.807, 2.05) is 13.8 Å². The van der Waals surface area contributed by atoms with Crippen LogP contribution >= 0.6 is 11.9 Å². The van der Waals surface area contributed by atoms with Gasteiger partial charge < -0.3 is 14.4 Å². The lowest BCUT2D eigenvalue weighted by Crippen LogP contribution is -2.35. The second kappa shape index (κ2) is 5.91. The van der Waals surface area contributed by atoms with Gasteiger partial charge in [-0.3, -0.25) is 0 Å². The van der Waals surface area contributed by atoms with Crippen LogP contribution in [-0.4, -0.2) is 37.5 Å². The van der Waals surface area contributed by atoms with Crippen molar-refractivity contribution >= 4 is 19.0 Å². The van der Waals surface area contributed by atoms with E-state index in [2.05, 4.69) is 0 Å². The highest BCUT2D eigenvalue weighted by molar-refractivity contribution is 8.15. The highest BCUT2D eigenvalue weighted by Gasteiger charge is 2.29. The van der Waals surface area contributed by atoms with Gasteiger partial charge in [-0.1, -0.05) is 25.7 Å². The summed E-state index contributed by atoms with van der Waals surface area (Å²) >= 11 is 1.06. The highest BCUT2D eigenvalue weighted by atomic mass is 32.2. The van der Waals surface area contributed by atoms with E-state index in [-0.39, 0.29) is 12.5 Å². The van der Waals surface area contributed by atoms with Crippen LogP contribution in [0.1, 0.15) is 27.2 Å². The fourth-order valence-electron chi connectivity index (χ4n) is 0.932. The Labute approximate surface area is 86.7 Å². The van der Waals surface area contributed by atoms with Crippen molar-refractivity contribution in [2.75, 3.05) is 6.61 Å². The molecule has 0 aliphatic rings. The summed E-state index contributed by atoms with van der Waals surface area (Å²) in [5.74, 6) is 0. The Kier molecular flexibility index (Phi) is 5.17. The van der Waals surface area contributed by atoms with Crippen LogP contribution in [0.25, 0.3) is 0 Å². The average Bonchev–Trinajstić information content (AvgIpc) is 2.03. The molecule has 1 unspecified atom stereocenters. The SMILES string of the molecule is [3H]BSOCC(C)(C)[C@H](O)CC(C)O. The van der Waals surface area contributed by atoms with Crippen LogP contribution in [0.2, 0.25) is 0 Å². The summed E-state index contributed by atoms with van der Waals surface area (Å²) in [6.45, 7) is 5.79. The molecular weight excluding hydrogens is 187 g/mol. The van der Waals surface area contributed by atoms with E-state index in [4.69, 9.17) is 10.6 Å². The van der Waals surface area contributed by atoms with E-state index in [1.165, 1.54) is 0 Å². The zero-order valence-corrected chi connectivity index (χ0v) is 9.30. The standard InChI is InChI=1S/C8H19BO3S/c1-6(10)4-7(11)8(2,3)5-12-13-9/h6-7,10-11H,4-5,9H2,1-3H3/t6?,7-/m1/s1/i9T. The van der Waals surface area contributed by atoms with Gasteiger partial charge in [0.1, 0.15) is 0 Å². The van der Waals surface area contributed by atoms with E-state index >= 15 is 0 Å². The summed E-state index contributed by atoms with van der Waals surface area (Å²) in [6, 6.07) is 0. The molecule has 0 radical (unpaired) electrons. The molecule has 0 aromatic carbocycles. The Bertz CT molecular complexity index is 158. The molecule has 2 N–H and O–H groups in total. The van der Waals surface area contributed by atoms with Crippen molar-refractivity contribution in [3.63, 3.8) is 0 Å². The predicted molar refractivity (Wildman–Crippen MR) is 58.2 cm³/mol. The lowest BCUT2D eigenvalue weighted by atomic mass is 9.85. The monoisotopic (exact) mass is 208 g/mol. The maximum Gasteiger partial charge on any atom is 0.210 e. The lowest BCUT2D eigenvalue weighted by molar-refractivity contribution is -0.00998. The summed E-state index contributed by atoms with van der Waals surface area (Å²) in [7, 11) is 0.155. The minimum Gasteiger partial charge on any atom is -0.393 e. The first-order valence-corrected chi connectivity index (χ1v) is 5.21. The molecule has 5 heteroatoms. The summed E-state index contributed by atoms with van der Waals surface area (Å²) < 4.78 is 12.0. The average molecular weight is 208 g/mol. The summed E-state index contributed by atoms with van der Waals surface area (Å²) in [5.41, 5.74) is -0.390. The van der Waals surface area contributed by atoms with Crippen LogP contribution in [-0.2, 0) is 4.18 Å². The summed E-state index contributed by atoms with van der Waals surface area (Å²) in [6.07, 6.45) is -0.746. The van der Waals surface area contributed by atoms with Gasteiger partial charge in [0.2, 0.25) is 7.09 Å². The van der Waals surface area contributed by atoms with Crippen molar-refractivity contribution in [1.29, 1.82) is 1.34 Å². The molecule has 0 aromatic heterocycles. The van der Waals surface area contributed by atoms with Crippen LogP contribution in [0, 0.1) is 5.41 Å². The first-order chi connectivity index (χ1) is 6.40. The van der Waals surface area contributed by atoms with E-state index < -0.39 is 12.2 Å². The quantitative estimate of drug-likeness (QED) is 0.360. The van der Waals surface area contributed by atoms with E-state index in [0.29, 0.717) is 13.0 Å². The van der Waals surface area contributed by atoms with Crippen LogP contribution in [0.15, 0.2) is 0 Å². The molecule has 13 heavy (non-hydrogen) atoms. The molecule has 0 saturated heterocycles. The first kappa shape index (κ1) is 11.4. The van der Waals surface area contributed by atoms with Gasteiger partial charge in [-0.15, -0.1) is 0 Å². The smallest absolute Gasteiger partial charge is 0.210 e. The molecule has 0 bridgehead atoms. The van der Waals surface area contributed by atoms with Crippen molar-refractivity contribution in [1.82, 2.24) is 0 Å². The van der Waals surface area contributed by atoms with Gasteiger partial charge in [-0.25, -0.2) is 0 Å². The minimum atomic E-state index is -0.589. The van der Waals surface area contributed by atoms with Crippen LogP contribution < -0.4 is 0 Å². The third-order valence-electron chi connectivity index (χ3n) is 1.98. The van der Waals surface area contributed by atoms with Crippen LogP contribution in [0.5, 0.6) is 0 Å². The molecule has 0 fully saturated rings. The van der Waals surface area contributed by atoms with Crippen molar-refractivity contribution in [2.24, 2.45) is 5.41 Å². The van der Waals surface area contributed by atoms with Crippen molar-refractivity contribution in [3.8, 4) is 0 Å². The normalized spacial score (nSPS) is 17.8. The molecule has 0 aromatic rings. The number of rotatable bonds is 7. The van der Waals surface area contributed by atoms with Gasteiger partial charge in [-0.05, 0) is 14.7 Å². The van der Waals surface area contributed by atoms with Crippen LogP contribution in [0.4, 0.5) is 0 Å². The predicted octanol–water partition coefficient (Wildman–Crippen LogP) is 0.357. The van der Waals surface area contributed by atoms with Crippen LogP contribution in [0.3, 0.4) is 0 Å². The highest BCUT2D eigenvalue weighted by Crippen LogP contribution is 2.25. The minimum absolute atomic E-state index is 0.155. The third-order valence-corrected chi connectivity index (χ3v) is 2.27. The fourth-order valence-corrected chi connectivity index (χ4v) is 1.32. The van der Waals surface area contributed by atoms with E-state index in [0.717, 1.165) is 11.9 Å². The maximum absolute atomic E-state index is 9.75. The zero-order chi connectivity index (χ0) is 11.2. The Hall–Kier alpha value is 0.295. The van der Waals surface area contributed by atoms with E-state index in [9.17, 15) is 5.11 Å². The van der Waals surface area contributed by atoms with E-state index in [1.54, 1.807) is 6.92 Å². The first-order valence-electron chi connectivity index (χ1n) is 5.00. The molecule has 0 spiro atoms. The van der Waals surface area contributed by atoms with Gasteiger partial charge >= 0.3 is 0 Å².